The first kappa shape index (κ1) is 20.0. The Labute approximate surface area is 159 Å². The molecule has 7 heteroatoms. The van der Waals surface area contributed by atoms with Gasteiger partial charge < -0.3 is 21.7 Å². The van der Waals surface area contributed by atoms with E-state index < -0.39 is 6.04 Å². The zero-order valence-corrected chi connectivity index (χ0v) is 15.3. The number of nitrogens with zero attached hydrogens (tertiary/aromatic N) is 2. The molecule has 0 aliphatic heterocycles. The summed E-state index contributed by atoms with van der Waals surface area (Å²) in [5.41, 5.74) is 11.9. The van der Waals surface area contributed by atoms with Gasteiger partial charge in [-0.05, 0) is 37.1 Å². The van der Waals surface area contributed by atoms with Crippen LogP contribution < -0.4 is 16.8 Å². The van der Waals surface area contributed by atoms with Crippen LogP contribution in [0, 0.1) is 0 Å². The predicted molar refractivity (Wildman–Crippen MR) is 107 cm³/mol. The molecular formula is C20H25N5O2. The van der Waals surface area contributed by atoms with Crippen LogP contribution in [0.15, 0.2) is 65.7 Å². The summed E-state index contributed by atoms with van der Waals surface area (Å²) in [6.45, 7) is 0.394. The van der Waals surface area contributed by atoms with E-state index in [0.29, 0.717) is 30.6 Å². The lowest BCUT2D eigenvalue weighted by Crippen LogP contribution is -2.45. The fourth-order valence-corrected chi connectivity index (χ4v) is 2.67. The van der Waals surface area contributed by atoms with E-state index in [1.165, 1.54) is 4.90 Å². The van der Waals surface area contributed by atoms with Crippen LogP contribution in [0.2, 0.25) is 0 Å². The molecule has 2 amide bonds. The van der Waals surface area contributed by atoms with E-state index in [9.17, 15) is 9.59 Å². The van der Waals surface area contributed by atoms with Gasteiger partial charge in [0.05, 0.1) is 0 Å². The molecule has 1 atom stereocenters. The predicted octanol–water partition coefficient (Wildman–Crippen LogP) is 1.82. The molecule has 0 bridgehead atoms. The third-order valence-electron chi connectivity index (χ3n) is 4.08. The number of carbonyl (C=O) groups excluding carboxylic acids is 2. The van der Waals surface area contributed by atoms with Crippen LogP contribution in [0.1, 0.15) is 23.2 Å². The Kier molecular flexibility index (Phi) is 7.37. The molecule has 2 aromatic carbocycles. The highest BCUT2D eigenvalue weighted by atomic mass is 16.2. The summed E-state index contributed by atoms with van der Waals surface area (Å²) in [6, 6.07) is 17.4. The van der Waals surface area contributed by atoms with Crippen molar-refractivity contribution < 1.29 is 9.59 Å². The van der Waals surface area contributed by atoms with E-state index in [1.807, 2.05) is 24.3 Å². The Morgan fingerprint density at radius 1 is 1.04 bits per heavy atom. The Morgan fingerprint density at radius 3 is 2.22 bits per heavy atom. The summed E-state index contributed by atoms with van der Waals surface area (Å²) in [5, 5.41) is 2.86. The minimum absolute atomic E-state index is 0.00834. The second-order valence-corrected chi connectivity index (χ2v) is 6.10. The molecule has 0 radical (unpaired) electrons. The minimum atomic E-state index is -0.646. The normalized spacial score (nSPS) is 11.3. The lowest BCUT2D eigenvalue weighted by Gasteiger charge is -2.27. The van der Waals surface area contributed by atoms with Crippen LogP contribution in [0.4, 0.5) is 5.69 Å². The Bertz CT molecular complexity index is 773. The number of rotatable bonds is 8. The summed E-state index contributed by atoms with van der Waals surface area (Å²) in [4.78, 5) is 31.0. The van der Waals surface area contributed by atoms with Gasteiger partial charge in [0.15, 0.2) is 5.96 Å². The number of hydrogen-bond donors (Lipinski definition) is 3. The van der Waals surface area contributed by atoms with Gasteiger partial charge in [-0.2, -0.15) is 0 Å². The van der Waals surface area contributed by atoms with Crippen molar-refractivity contribution in [2.45, 2.75) is 18.9 Å². The van der Waals surface area contributed by atoms with Crippen LogP contribution in [0.25, 0.3) is 0 Å². The number of likely N-dealkylation sites (N-methyl/N-ethyl adjacent to an activating group) is 1. The van der Waals surface area contributed by atoms with Crippen LogP contribution in [0.3, 0.4) is 0 Å². The van der Waals surface area contributed by atoms with Crippen LogP contribution >= 0.6 is 0 Å². The van der Waals surface area contributed by atoms with Gasteiger partial charge in [-0.25, -0.2) is 0 Å². The number of carbonyl (C=O) groups is 2. The summed E-state index contributed by atoms with van der Waals surface area (Å²) in [6.07, 6.45) is 1.00. The van der Waals surface area contributed by atoms with Gasteiger partial charge in [0, 0.05) is 24.8 Å². The Hall–Kier alpha value is -3.35. The SMILES string of the molecule is CN(C(=O)c1ccccc1)[C@@H](CCCN=C(N)N)C(=O)Nc1ccccc1. The third-order valence-corrected chi connectivity index (χ3v) is 4.08. The van der Waals surface area contributed by atoms with E-state index in [1.54, 1.807) is 43.4 Å². The second kappa shape index (κ2) is 9.96. The standard InChI is InChI=1S/C20H25N5O2/c1-25(19(27)15-9-4-2-5-10-15)17(13-8-14-23-20(21)22)18(26)24-16-11-6-3-7-12-16/h2-7,9-12,17H,8,13-14H2,1H3,(H,24,26)(H4,21,22,23)/t17-/m0/s1. The zero-order chi connectivity index (χ0) is 19.6. The number of nitrogens with one attached hydrogen (secondary N) is 1. The molecule has 2 aromatic rings. The third kappa shape index (κ3) is 6.14. The van der Waals surface area contributed by atoms with E-state index in [0.717, 1.165) is 0 Å². The maximum absolute atomic E-state index is 12.8. The van der Waals surface area contributed by atoms with Gasteiger partial charge in [-0.1, -0.05) is 36.4 Å². The Morgan fingerprint density at radius 2 is 1.63 bits per heavy atom. The molecule has 0 fully saturated rings. The van der Waals surface area contributed by atoms with E-state index in [-0.39, 0.29) is 17.8 Å². The lowest BCUT2D eigenvalue weighted by atomic mass is 10.1. The van der Waals surface area contributed by atoms with Crippen molar-refractivity contribution in [3.05, 3.63) is 66.2 Å². The van der Waals surface area contributed by atoms with Crippen molar-refractivity contribution in [1.29, 1.82) is 0 Å². The fourth-order valence-electron chi connectivity index (χ4n) is 2.67. The second-order valence-electron chi connectivity index (χ2n) is 6.10. The van der Waals surface area contributed by atoms with Crippen molar-refractivity contribution in [3.8, 4) is 0 Å². The monoisotopic (exact) mass is 367 g/mol. The van der Waals surface area contributed by atoms with Gasteiger partial charge in [0.2, 0.25) is 5.91 Å². The number of hydrogen-bond acceptors (Lipinski definition) is 3. The number of para-hydroxylation sites is 1. The van der Waals surface area contributed by atoms with Crippen LogP contribution in [-0.2, 0) is 4.79 Å². The molecule has 5 N–H and O–H groups in total. The zero-order valence-electron chi connectivity index (χ0n) is 15.3. The summed E-state index contributed by atoms with van der Waals surface area (Å²) in [5.74, 6) is -0.461. The molecule has 7 nitrogen and oxygen atoms in total. The molecule has 27 heavy (non-hydrogen) atoms. The molecular weight excluding hydrogens is 342 g/mol. The highest BCUT2D eigenvalue weighted by Gasteiger charge is 2.27. The highest BCUT2D eigenvalue weighted by molar-refractivity contribution is 6.01. The molecule has 0 unspecified atom stereocenters. The highest BCUT2D eigenvalue weighted by Crippen LogP contribution is 2.14. The first-order valence-corrected chi connectivity index (χ1v) is 8.72. The quantitative estimate of drug-likeness (QED) is 0.375. The number of amides is 2. The van der Waals surface area contributed by atoms with Crippen LogP contribution in [0.5, 0.6) is 0 Å². The minimum Gasteiger partial charge on any atom is -0.370 e. The number of benzene rings is 2. The van der Waals surface area contributed by atoms with E-state index in [4.69, 9.17) is 11.5 Å². The molecule has 0 saturated heterocycles. The molecule has 0 spiro atoms. The lowest BCUT2D eigenvalue weighted by molar-refractivity contribution is -0.120. The smallest absolute Gasteiger partial charge is 0.254 e. The molecule has 0 heterocycles. The van der Waals surface area contributed by atoms with Crippen LogP contribution in [-0.4, -0.2) is 42.3 Å². The van der Waals surface area contributed by atoms with E-state index >= 15 is 0 Å². The molecule has 142 valence electrons. The van der Waals surface area contributed by atoms with E-state index in [2.05, 4.69) is 10.3 Å². The number of guanidine groups is 1. The van der Waals surface area contributed by atoms with Gasteiger partial charge in [-0.3, -0.25) is 14.6 Å². The summed E-state index contributed by atoms with van der Waals surface area (Å²) >= 11 is 0. The fraction of sp³-hybridized carbons (Fsp3) is 0.250. The molecule has 0 aliphatic rings. The van der Waals surface area contributed by atoms with Gasteiger partial charge in [-0.15, -0.1) is 0 Å². The van der Waals surface area contributed by atoms with Gasteiger partial charge in [0.25, 0.3) is 5.91 Å². The average molecular weight is 367 g/mol. The average Bonchev–Trinajstić information content (AvgIpc) is 2.68. The molecule has 0 aromatic heterocycles. The van der Waals surface area contributed by atoms with Crippen molar-refractivity contribution in [2.24, 2.45) is 16.5 Å². The first-order chi connectivity index (χ1) is 13.0. The van der Waals surface area contributed by atoms with Crippen molar-refractivity contribution in [3.63, 3.8) is 0 Å². The van der Waals surface area contributed by atoms with Crippen molar-refractivity contribution in [1.82, 2.24) is 4.90 Å². The number of aliphatic imine (C=N–C) groups is 1. The summed E-state index contributed by atoms with van der Waals surface area (Å²) in [7, 11) is 1.63. The van der Waals surface area contributed by atoms with Gasteiger partial charge in [0.1, 0.15) is 6.04 Å². The van der Waals surface area contributed by atoms with Gasteiger partial charge >= 0.3 is 0 Å². The maximum atomic E-state index is 12.8. The summed E-state index contributed by atoms with van der Waals surface area (Å²) < 4.78 is 0. The largest absolute Gasteiger partial charge is 0.370 e. The van der Waals surface area contributed by atoms with Crippen molar-refractivity contribution >= 4 is 23.5 Å². The van der Waals surface area contributed by atoms with Crippen molar-refractivity contribution in [2.75, 3.05) is 18.9 Å². The molecule has 2 rings (SSSR count). The Balaban J connectivity index is 2.13. The molecule has 0 aliphatic carbocycles. The first-order valence-electron chi connectivity index (χ1n) is 8.72. The maximum Gasteiger partial charge on any atom is 0.254 e. The number of nitrogens with two attached hydrogens (primary N) is 2. The topological polar surface area (TPSA) is 114 Å². The number of anilines is 1. The molecule has 0 saturated carbocycles.